The molecule has 1 atom stereocenters. The molecule has 0 amide bonds. The number of aryl methyl sites for hydroxylation is 1. The smallest absolute Gasteiger partial charge is 0.0515 e. The van der Waals surface area contributed by atoms with E-state index in [-0.39, 0.29) is 6.04 Å². The first-order chi connectivity index (χ1) is 9.22. The third kappa shape index (κ3) is 3.86. The van der Waals surface area contributed by atoms with Crippen molar-refractivity contribution in [3.63, 3.8) is 0 Å². The molecule has 3 nitrogen and oxygen atoms in total. The second-order valence-electron chi connectivity index (χ2n) is 4.49. The van der Waals surface area contributed by atoms with Gasteiger partial charge in [0.15, 0.2) is 0 Å². The van der Waals surface area contributed by atoms with Gasteiger partial charge in [-0.1, -0.05) is 41.1 Å². The molecule has 0 fully saturated rings. The van der Waals surface area contributed by atoms with E-state index in [9.17, 15) is 0 Å². The molecule has 0 bridgehead atoms. The number of hydrogen-bond donors (Lipinski definition) is 2. The Morgan fingerprint density at radius 1 is 1.21 bits per heavy atom. The van der Waals surface area contributed by atoms with E-state index >= 15 is 0 Å². The molecule has 1 heterocycles. The van der Waals surface area contributed by atoms with Crippen molar-refractivity contribution < 1.29 is 0 Å². The maximum atomic E-state index is 5.66. The van der Waals surface area contributed by atoms with Crippen LogP contribution in [0.15, 0.2) is 47.1 Å². The summed E-state index contributed by atoms with van der Waals surface area (Å²) < 4.78 is 1.07. The monoisotopic (exact) mass is 319 g/mol. The molecule has 2 rings (SSSR count). The highest BCUT2D eigenvalue weighted by Gasteiger charge is 2.11. The summed E-state index contributed by atoms with van der Waals surface area (Å²) in [5.41, 5.74) is 6.32. The molecular weight excluding hydrogens is 302 g/mol. The zero-order valence-electron chi connectivity index (χ0n) is 10.9. The van der Waals surface area contributed by atoms with Crippen molar-refractivity contribution >= 4 is 15.9 Å². The first-order valence-electron chi connectivity index (χ1n) is 6.38. The van der Waals surface area contributed by atoms with Crippen molar-refractivity contribution in [2.24, 2.45) is 5.84 Å². The molecule has 0 aliphatic rings. The second-order valence-corrected chi connectivity index (χ2v) is 5.40. The van der Waals surface area contributed by atoms with Gasteiger partial charge < -0.3 is 0 Å². The number of nitrogens with one attached hydrogen (secondary N) is 1. The Kier molecular flexibility index (Phi) is 5.07. The molecule has 0 aliphatic carbocycles. The molecule has 1 aromatic carbocycles. The lowest BCUT2D eigenvalue weighted by Gasteiger charge is -2.16. The fourth-order valence-electron chi connectivity index (χ4n) is 1.96. The van der Waals surface area contributed by atoms with E-state index in [2.05, 4.69) is 57.5 Å². The molecule has 100 valence electrons. The van der Waals surface area contributed by atoms with E-state index in [4.69, 9.17) is 5.84 Å². The van der Waals surface area contributed by atoms with E-state index in [1.165, 1.54) is 5.56 Å². The molecule has 0 aliphatic heterocycles. The van der Waals surface area contributed by atoms with Crippen LogP contribution in [0.5, 0.6) is 0 Å². The maximum absolute atomic E-state index is 5.66. The molecule has 4 heteroatoms. The van der Waals surface area contributed by atoms with Crippen molar-refractivity contribution in [2.75, 3.05) is 0 Å². The molecule has 3 N–H and O–H groups in total. The van der Waals surface area contributed by atoms with Gasteiger partial charge in [0.1, 0.15) is 0 Å². The minimum atomic E-state index is 0.0769. The number of hydrogen-bond acceptors (Lipinski definition) is 3. The van der Waals surface area contributed by atoms with Crippen molar-refractivity contribution in [1.82, 2.24) is 10.4 Å². The highest BCUT2D eigenvalue weighted by atomic mass is 79.9. The number of benzene rings is 1. The second kappa shape index (κ2) is 6.80. The lowest BCUT2D eigenvalue weighted by Crippen LogP contribution is -2.29. The molecule has 19 heavy (non-hydrogen) atoms. The number of hydrazine groups is 1. The van der Waals surface area contributed by atoms with Crippen LogP contribution in [0.4, 0.5) is 0 Å². The summed E-state index contributed by atoms with van der Waals surface area (Å²) >= 11 is 3.44. The molecular formula is C15H18BrN3. The Balaban J connectivity index is 2.11. The summed E-state index contributed by atoms with van der Waals surface area (Å²) in [5, 5.41) is 0. The summed E-state index contributed by atoms with van der Waals surface area (Å²) in [6.45, 7) is 2.13. The highest BCUT2D eigenvalue weighted by Crippen LogP contribution is 2.19. The largest absolute Gasteiger partial charge is 0.271 e. The van der Waals surface area contributed by atoms with Gasteiger partial charge in [0.2, 0.25) is 0 Å². The van der Waals surface area contributed by atoms with Crippen LogP contribution in [-0.4, -0.2) is 4.98 Å². The van der Waals surface area contributed by atoms with Gasteiger partial charge in [-0.2, -0.15) is 0 Å². The van der Waals surface area contributed by atoms with Gasteiger partial charge in [0.25, 0.3) is 0 Å². The Hall–Kier alpha value is -1.23. The van der Waals surface area contributed by atoms with Crippen LogP contribution in [0.1, 0.15) is 29.8 Å². The zero-order valence-corrected chi connectivity index (χ0v) is 12.5. The molecule has 0 spiro atoms. The Labute approximate surface area is 122 Å². The van der Waals surface area contributed by atoms with E-state index in [1.54, 1.807) is 0 Å². The van der Waals surface area contributed by atoms with Crippen LogP contribution >= 0.6 is 15.9 Å². The van der Waals surface area contributed by atoms with Crippen molar-refractivity contribution in [3.05, 3.63) is 63.9 Å². The Bertz CT molecular complexity index is 508. The molecule has 0 radical (unpaired) electrons. The zero-order chi connectivity index (χ0) is 13.7. The Morgan fingerprint density at radius 3 is 2.47 bits per heavy atom. The standard InChI is InChI=1S/C15H18BrN3/c1-2-11-3-8-14(18-10-11)9-15(19-17)12-4-6-13(16)7-5-12/h3-8,10,15,19H,2,9,17H2,1H3. The van der Waals surface area contributed by atoms with E-state index in [0.29, 0.717) is 0 Å². The topological polar surface area (TPSA) is 50.9 Å². The predicted molar refractivity (Wildman–Crippen MR) is 81.5 cm³/mol. The van der Waals surface area contributed by atoms with E-state index in [1.807, 2.05) is 18.3 Å². The molecule has 2 aromatic rings. The summed E-state index contributed by atoms with van der Waals surface area (Å²) in [6, 6.07) is 12.4. The molecule has 0 saturated heterocycles. The van der Waals surface area contributed by atoms with Crippen LogP contribution in [0.2, 0.25) is 0 Å². The molecule has 0 saturated carbocycles. The van der Waals surface area contributed by atoms with E-state index in [0.717, 1.165) is 28.6 Å². The third-order valence-electron chi connectivity index (χ3n) is 3.18. The van der Waals surface area contributed by atoms with Gasteiger partial charge in [-0.05, 0) is 35.7 Å². The number of pyridine rings is 1. The number of rotatable bonds is 5. The number of aromatic nitrogens is 1. The SMILES string of the molecule is CCc1ccc(CC(NN)c2ccc(Br)cc2)nc1. The van der Waals surface area contributed by atoms with Gasteiger partial charge in [-0.3, -0.25) is 16.3 Å². The first-order valence-corrected chi connectivity index (χ1v) is 7.17. The van der Waals surface area contributed by atoms with Crippen LogP contribution in [0.25, 0.3) is 0 Å². The van der Waals surface area contributed by atoms with Gasteiger partial charge in [-0.15, -0.1) is 0 Å². The van der Waals surface area contributed by atoms with Gasteiger partial charge in [0, 0.05) is 22.8 Å². The van der Waals surface area contributed by atoms with Crippen LogP contribution in [0, 0.1) is 0 Å². The summed E-state index contributed by atoms with van der Waals surface area (Å²) in [5.74, 6) is 5.66. The van der Waals surface area contributed by atoms with Gasteiger partial charge in [0.05, 0.1) is 6.04 Å². The number of halogens is 1. The normalized spacial score (nSPS) is 12.4. The lowest BCUT2D eigenvalue weighted by atomic mass is 10.0. The van der Waals surface area contributed by atoms with Crippen molar-refractivity contribution in [1.29, 1.82) is 0 Å². The molecule has 1 aromatic heterocycles. The Morgan fingerprint density at radius 2 is 1.95 bits per heavy atom. The lowest BCUT2D eigenvalue weighted by molar-refractivity contribution is 0.546. The highest BCUT2D eigenvalue weighted by molar-refractivity contribution is 9.10. The molecule has 1 unspecified atom stereocenters. The summed E-state index contributed by atoms with van der Waals surface area (Å²) in [7, 11) is 0. The average molecular weight is 320 g/mol. The van der Waals surface area contributed by atoms with Gasteiger partial charge in [-0.25, -0.2) is 0 Å². The first kappa shape index (κ1) is 14.2. The van der Waals surface area contributed by atoms with E-state index < -0.39 is 0 Å². The maximum Gasteiger partial charge on any atom is 0.0515 e. The minimum absolute atomic E-state index is 0.0769. The number of nitrogens with two attached hydrogens (primary N) is 1. The fraction of sp³-hybridized carbons (Fsp3) is 0.267. The van der Waals surface area contributed by atoms with Crippen LogP contribution in [0.3, 0.4) is 0 Å². The van der Waals surface area contributed by atoms with Crippen LogP contribution in [-0.2, 0) is 12.8 Å². The summed E-state index contributed by atoms with van der Waals surface area (Å²) in [6.07, 6.45) is 3.73. The fourth-order valence-corrected chi connectivity index (χ4v) is 2.23. The third-order valence-corrected chi connectivity index (χ3v) is 3.71. The average Bonchev–Trinajstić information content (AvgIpc) is 2.46. The van der Waals surface area contributed by atoms with Crippen molar-refractivity contribution in [2.45, 2.75) is 25.8 Å². The quantitative estimate of drug-likeness (QED) is 0.657. The van der Waals surface area contributed by atoms with Crippen molar-refractivity contribution in [3.8, 4) is 0 Å². The summed E-state index contributed by atoms with van der Waals surface area (Å²) in [4.78, 5) is 4.48. The minimum Gasteiger partial charge on any atom is -0.271 e. The van der Waals surface area contributed by atoms with Gasteiger partial charge >= 0.3 is 0 Å². The predicted octanol–water partition coefficient (Wildman–Crippen LogP) is 3.15. The van der Waals surface area contributed by atoms with Crippen LogP contribution < -0.4 is 11.3 Å². The number of nitrogens with zero attached hydrogens (tertiary/aromatic N) is 1.